The minimum Gasteiger partial charge on any atom is -0.493 e. The van der Waals surface area contributed by atoms with Crippen LogP contribution in [0.25, 0.3) is 0 Å². The van der Waals surface area contributed by atoms with Crippen LogP contribution in [0.5, 0.6) is 5.75 Å². The molecule has 0 saturated carbocycles. The molecule has 0 radical (unpaired) electrons. The van der Waals surface area contributed by atoms with Gasteiger partial charge >= 0.3 is 0 Å². The van der Waals surface area contributed by atoms with Gasteiger partial charge in [-0.05, 0) is 23.8 Å². The topological polar surface area (TPSA) is 67.0 Å². The maximum Gasteiger partial charge on any atom is 0.255 e. The van der Waals surface area contributed by atoms with Crippen molar-refractivity contribution < 1.29 is 9.53 Å². The first kappa shape index (κ1) is 9.89. The van der Waals surface area contributed by atoms with E-state index in [1.54, 1.807) is 18.5 Å². The van der Waals surface area contributed by atoms with Crippen molar-refractivity contribution in [3.63, 3.8) is 0 Å². The van der Waals surface area contributed by atoms with Crippen molar-refractivity contribution in [1.29, 1.82) is 0 Å². The number of benzene rings is 1. The molecule has 5 nitrogen and oxygen atoms in total. The summed E-state index contributed by atoms with van der Waals surface area (Å²) in [7, 11) is 0. The molecule has 2 heterocycles. The molecular weight excluding hydrogens is 218 g/mol. The number of nitrogens with zero attached hydrogens (tertiary/aromatic N) is 1. The lowest BCUT2D eigenvalue weighted by molar-refractivity contribution is 0.102. The van der Waals surface area contributed by atoms with E-state index in [4.69, 9.17) is 4.74 Å². The number of rotatable bonds is 2. The number of ether oxygens (including phenoxy) is 1. The van der Waals surface area contributed by atoms with Crippen LogP contribution in [0.1, 0.15) is 15.9 Å². The van der Waals surface area contributed by atoms with Crippen LogP contribution in [0.2, 0.25) is 0 Å². The number of aromatic nitrogens is 2. The van der Waals surface area contributed by atoms with Gasteiger partial charge in [0, 0.05) is 18.2 Å². The quantitative estimate of drug-likeness (QED) is 0.821. The number of hydrogen-bond acceptors (Lipinski definition) is 3. The number of carbonyl (C=O) groups is 1. The molecule has 0 saturated heterocycles. The number of carbonyl (C=O) groups excluding carboxylic acids is 1. The second-order valence-electron chi connectivity index (χ2n) is 3.86. The first-order valence-corrected chi connectivity index (χ1v) is 5.39. The van der Waals surface area contributed by atoms with Gasteiger partial charge in [0.05, 0.1) is 18.5 Å². The maximum absolute atomic E-state index is 11.9. The number of fused-ring (bicyclic) bond motifs is 1. The first-order valence-electron chi connectivity index (χ1n) is 5.39. The molecule has 0 fully saturated rings. The van der Waals surface area contributed by atoms with E-state index in [1.807, 2.05) is 12.1 Å². The number of aromatic amines is 1. The van der Waals surface area contributed by atoms with Crippen LogP contribution in [-0.2, 0) is 6.42 Å². The maximum atomic E-state index is 11.9. The third-order valence-corrected chi connectivity index (χ3v) is 2.71. The second-order valence-corrected chi connectivity index (χ2v) is 3.86. The molecule has 2 N–H and O–H groups in total. The van der Waals surface area contributed by atoms with Gasteiger partial charge in [-0.15, -0.1) is 0 Å². The molecule has 5 heteroatoms. The van der Waals surface area contributed by atoms with E-state index < -0.39 is 0 Å². The Kier molecular flexibility index (Phi) is 2.29. The van der Waals surface area contributed by atoms with E-state index in [0.29, 0.717) is 17.9 Å². The highest BCUT2D eigenvalue weighted by Crippen LogP contribution is 2.26. The van der Waals surface area contributed by atoms with Gasteiger partial charge in [-0.25, -0.2) is 0 Å². The van der Waals surface area contributed by atoms with Gasteiger partial charge in [-0.2, -0.15) is 5.10 Å². The molecule has 1 aliphatic heterocycles. The van der Waals surface area contributed by atoms with Crippen LogP contribution in [0.4, 0.5) is 5.69 Å². The second kappa shape index (κ2) is 3.93. The Morgan fingerprint density at radius 3 is 3.24 bits per heavy atom. The number of anilines is 1. The molecule has 0 aliphatic carbocycles. The fourth-order valence-corrected chi connectivity index (χ4v) is 1.85. The predicted molar refractivity (Wildman–Crippen MR) is 62.2 cm³/mol. The van der Waals surface area contributed by atoms with E-state index >= 15 is 0 Å². The van der Waals surface area contributed by atoms with Crippen molar-refractivity contribution in [3.8, 4) is 5.75 Å². The monoisotopic (exact) mass is 229 g/mol. The highest BCUT2D eigenvalue weighted by atomic mass is 16.5. The molecule has 0 unspecified atom stereocenters. The summed E-state index contributed by atoms with van der Waals surface area (Å²) in [6.07, 6.45) is 4.06. The van der Waals surface area contributed by atoms with Crippen molar-refractivity contribution in [1.82, 2.24) is 10.2 Å². The smallest absolute Gasteiger partial charge is 0.255 e. The van der Waals surface area contributed by atoms with Gasteiger partial charge in [-0.1, -0.05) is 0 Å². The van der Waals surface area contributed by atoms with Gasteiger partial charge in [0.1, 0.15) is 5.75 Å². The summed E-state index contributed by atoms with van der Waals surface area (Å²) in [5.74, 6) is 0.742. The lowest BCUT2D eigenvalue weighted by Gasteiger charge is -2.04. The SMILES string of the molecule is O=C(Nc1cn[nH]c1)c1ccc2c(c1)CCO2. The lowest BCUT2D eigenvalue weighted by atomic mass is 10.1. The Morgan fingerprint density at radius 2 is 2.41 bits per heavy atom. The van der Waals surface area contributed by atoms with Crippen molar-refractivity contribution in [3.05, 3.63) is 41.7 Å². The highest BCUT2D eigenvalue weighted by Gasteiger charge is 2.15. The van der Waals surface area contributed by atoms with Gasteiger partial charge in [0.2, 0.25) is 0 Å². The molecule has 0 bridgehead atoms. The normalized spacial score (nSPS) is 12.9. The van der Waals surface area contributed by atoms with Crippen LogP contribution in [0.15, 0.2) is 30.6 Å². The van der Waals surface area contributed by atoms with Crippen LogP contribution < -0.4 is 10.1 Å². The molecule has 0 spiro atoms. The zero-order valence-electron chi connectivity index (χ0n) is 9.06. The molecule has 3 rings (SSSR count). The standard InChI is InChI=1S/C12H11N3O2/c16-12(15-10-6-13-14-7-10)9-1-2-11-8(5-9)3-4-17-11/h1-2,5-7H,3-4H2,(H,13,14)(H,15,16). The van der Waals surface area contributed by atoms with E-state index in [1.165, 1.54) is 0 Å². The third kappa shape index (κ3) is 1.87. The average Bonchev–Trinajstić information content (AvgIpc) is 2.97. The summed E-state index contributed by atoms with van der Waals surface area (Å²) in [4.78, 5) is 11.9. The summed E-state index contributed by atoms with van der Waals surface area (Å²) in [6.45, 7) is 0.697. The highest BCUT2D eigenvalue weighted by molar-refractivity contribution is 6.04. The molecule has 1 aromatic heterocycles. The van der Waals surface area contributed by atoms with Crippen LogP contribution in [0.3, 0.4) is 0 Å². The van der Waals surface area contributed by atoms with Crippen LogP contribution in [0, 0.1) is 0 Å². The largest absolute Gasteiger partial charge is 0.493 e. The van der Waals surface area contributed by atoms with Gasteiger partial charge in [0.15, 0.2) is 0 Å². The van der Waals surface area contributed by atoms with Gasteiger partial charge in [0.25, 0.3) is 5.91 Å². The van der Waals surface area contributed by atoms with Crippen LogP contribution >= 0.6 is 0 Å². The van der Waals surface area contributed by atoms with E-state index in [0.717, 1.165) is 17.7 Å². The summed E-state index contributed by atoms with van der Waals surface area (Å²) in [5, 5.41) is 9.17. The molecule has 17 heavy (non-hydrogen) atoms. The number of H-pyrrole nitrogens is 1. The zero-order valence-corrected chi connectivity index (χ0v) is 9.06. The minimum absolute atomic E-state index is 0.138. The summed E-state index contributed by atoms with van der Waals surface area (Å²) in [5.41, 5.74) is 2.38. The van der Waals surface area contributed by atoms with Crippen molar-refractivity contribution in [2.45, 2.75) is 6.42 Å². The number of nitrogens with one attached hydrogen (secondary N) is 2. The Morgan fingerprint density at radius 1 is 1.47 bits per heavy atom. The summed E-state index contributed by atoms with van der Waals surface area (Å²) < 4.78 is 5.39. The minimum atomic E-state index is -0.138. The van der Waals surface area contributed by atoms with E-state index in [9.17, 15) is 4.79 Å². The molecular formula is C12H11N3O2. The van der Waals surface area contributed by atoms with E-state index in [-0.39, 0.29) is 5.91 Å². The Bertz CT molecular complexity index is 549. The summed E-state index contributed by atoms with van der Waals surface area (Å²) in [6, 6.07) is 5.48. The summed E-state index contributed by atoms with van der Waals surface area (Å²) >= 11 is 0. The van der Waals surface area contributed by atoms with Gasteiger partial charge < -0.3 is 10.1 Å². The first-order chi connectivity index (χ1) is 8.33. The predicted octanol–water partition coefficient (Wildman–Crippen LogP) is 1.60. The van der Waals surface area contributed by atoms with Crippen LogP contribution in [-0.4, -0.2) is 22.7 Å². The lowest BCUT2D eigenvalue weighted by Crippen LogP contribution is -2.11. The molecule has 86 valence electrons. The number of amides is 1. The molecule has 1 aliphatic rings. The van der Waals surface area contributed by atoms with E-state index in [2.05, 4.69) is 15.5 Å². The number of hydrogen-bond donors (Lipinski definition) is 2. The average molecular weight is 229 g/mol. The van der Waals surface area contributed by atoms with Gasteiger partial charge in [-0.3, -0.25) is 9.89 Å². The fourth-order valence-electron chi connectivity index (χ4n) is 1.85. The zero-order chi connectivity index (χ0) is 11.7. The Balaban J connectivity index is 1.82. The third-order valence-electron chi connectivity index (χ3n) is 2.71. The fraction of sp³-hybridized carbons (Fsp3) is 0.167. The van der Waals surface area contributed by atoms with Crippen molar-refractivity contribution in [2.24, 2.45) is 0 Å². The molecule has 0 atom stereocenters. The molecule has 1 aromatic carbocycles. The Hall–Kier alpha value is -2.30. The molecule has 2 aromatic rings. The molecule has 1 amide bonds. The van der Waals surface area contributed by atoms with Crippen molar-refractivity contribution >= 4 is 11.6 Å². The van der Waals surface area contributed by atoms with Crippen molar-refractivity contribution in [2.75, 3.05) is 11.9 Å². The Labute approximate surface area is 97.8 Å².